The minimum Gasteiger partial charge on any atom is -0.388 e. The van der Waals surface area contributed by atoms with E-state index in [9.17, 15) is 25.5 Å². The van der Waals surface area contributed by atoms with Crippen molar-refractivity contribution in [3.8, 4) is 0 Å². The molecule has 2 heterocycles. The van der Waals surface area contributed by atoms with E-state index in [1.807, 2.05) is 0 Å². The van der Waals surface area contributed by atoms with Gasteiger partial charge in [0.2, 0.25) is 0 Å². The zero-order valence-electron chi connectivity index (χ0n) is 19.7. The number of ether oxygens (including phenoxy) is 4. The second-order valence-corrected chi connectivity index (χ2v) is 9.94. The number of aliphatic hydroxyl groups excluding tert-OH is 4. The van der Waals surface area contributed by atoms with Gasteiger partial charge in [-0.3, -0.25) is 0 Å². The third-order valence-electron chi connectivity index (χ3n) is 6.99. The molecule has 14 N–H and O–H groups in total. The van der Waals surface area contributed by atoms with Gasteiger partial charge in [-0.1, -0.05) is 0 Å². The molecule has 0 amide bonds. The maximum Gasteiger partial charge on any atom is 0.185 e. The second-order valence-electron chi connectivity index (χ2n) is 9.94. The Balaban J connectivity index is 1.73. The summed E-state index contributed by atoms with van der Waals surface area (Å²) in [5.41, 5.74) is 22.9. The van der Waals surface area contributed by atoms with Crippen molar-refractivity contribution in [3.63, 3.8) is 0 Å². The number of aliphatic hydroxyl groups is 5. The van der Waals surface area contributed by atoms with Gasteiger partial charge in [0, 0.05) is 18.1 Å². The van der Waals surface area contributed by atoms with Crippen LogP contribution in [0.3, 0.4) is 0 Å². The van der Waals surface area contributed by atoms with Gasteiger partial charge in [0.15, 0.2) is 12.6 Å². The van der Waals surface area contributed by atoms with E-state index in [0.29, 0.717) is 0 Å². The minimum absolute atomic E-state index is 0.124. The fraction of sp³-hybridized carbons (Fsp3) is 1.00. The molecular weight excluding hydrogens is 454 g/mol. The molecule has 14 nitrogen and oxygen atoms in total. The molecule has 14 heteroatoms. The van der Waals surface area contributed by atoms with Gasteiger partial charge in [-0.25, -0.2) is 0 Å². The van der Waals surface area contributed by atoms with Crippen molar-refractivity contribution < 1.29 is 44.5 Å². The van der Waals surface area contributed by atoms with Crippen LogP contribution < -0.4 is 28.3 Å². The van der Waals surface area contributed by atoms with Gasteiger partial charge in [0.05, 0.1) is 18.7 Å². The Labute approximate surface area is 198 Å². The molecule has 1 aliphatic carbocycles. The molecule has 0 bridgehead atoms. The summed E-state index contributed by atoms with van der Waals surface area (Å²) in [7, 11) is 1.59. The maximum absolute atomic E-state index is 11.1. The largest absolute Gasteiger partial charge is 0.388 e. The van der Waals surface area contributed by atoms with Crippen LogP contribution in [-0.2, 0) is 18.9 Å². The van der Waals surface area contributed by atoms with Gasteiger partial charge in [0.25, 0.3) is 0 Å². The van der Waals surface area contributed by atoms with Crippen molar-refractivity contribution in [2.75, 3.05) is 13.7 Å². The Morgan fingerprint density at radius 3 is 2.03 bits per heavy atom. The van der Waals surface area contributed by atoms with Crippen LogP contribution in [0.15, 0.2) is 0 Å². The molecule has 0 aromatic rings. The molecule has 15 atom stereocenters. The van der Waals surface area contributed by atoms with Gasteiger partial charge in [-0.2, -0.15) is 0 Å². The van der Waals surface area contributed by atoms with Crippen molar-refractivity contribution in [3.05, 3.63) is 0 Å². The van der Waals surface area contributed by atoms with Crippen LogP contribution in [0.4, 0.5) is 0 Å². The summed E-state index contributed by atoms with van der Waals surface area (Å²) < 4.78 is 23.0. The molecule has 200 valence electrons. The van der Waals surface area contributed by atoms with Gasteiger partial charge < -0.3 is 72.7 Å². The summed E-state index contributed by atoms with van der Waals surface area (Å²) in [5, 5.41) is 55.6. The first kappa shape index (κ1) is 28.0. The van der Waals surface area contributed by atoms with Crippen LogP contribution in [-0.4, -0.2) is 130 Å². The van der Waals surface area contributed by atoms with E-state index in [0.717, 1.165) is 0 Å². The van der Waals surface area contributed by atoms with Gasteiger partial charge in [0.1, 0.15) is 48.3 Å². The molecule has 3 rings (SSSR count). The molecule has 0 radical (unpaired) electrons. The van der Waals surface area contributed by atoms with Crippen LogP contribution in [0.5, 0.6) is 0 Å². The smallest absolute Gasteiger partial charge is 0.185 e. The van der Waals surface area contributed by atoms with Crippen LogP contribution in [0.1, 0.15) is 20.3 Å². The molecule has 2 saturated heterocycles. The monoisotopic (exact) mass is 495 g/mol. The first-order valence-electron chi connectivity index (χ1n) is 11.5. The molecule has 0 spiro atoms. The van der Waals surface area contributed by atoms with Gasteiger partial charge >= 0.3 is 0 Å². The molecular formula is C20H41N5O9. The highest BCUT2D eigenvalue weighted by Gasteiger charge is 2.52. The lowest BCUT2D eigenvalue weighted by Crippen LogP contribution is -2.70. The molecule has 0 aromatic heterocycles. The quantitative estimate of drug-likeness (QED) is 0.165. The van der Waals surface area contributed by atoms with E-state index < -0.39 is 91.1 Å². The summed E-state index contributed by atoms with van der Waals surface area (Å²) in [6.45, 7) is 3.00. The first-order chi connectivity index (χ1) is 15.8. The minimum atomic E-state index is -1.38. The number of hydrogen-bond donors (Lipinski definition) is 10. The summed E-state index contributed by atoms with van der Waals surface area (Å²) in [5.74, 6) is 0. The Kier molecular flexibility index (Phi) is 8.92. The summed E-state index contributed by atoms with van der Waals surface area (Å²) >= 11 is 0. The SMILES string of the molecule is CN[C@@H]1[C@@H](O)[C@@H](O[C@@H]2[C@@H](O)[C@H](O[C@H]3O[C@H](C(C)N)[C@@H](O)[C@H](O)[C@H]3N)[C@@H](N)C[C@H]2N)OC[C@]1(C)O. The first-order valence-corrected chi connectivity index (χ1v) is 11.5. The number of nitrogens with one attached hydrogen (secondary N) is 1. The molecule has 2 aliphatic heterocycles. The highest BCUT2D eigenvalue weighted by molar-refractivity contribution is 5.02. The van der Waals surface area contributed by atoms with E-state index in [2.05, 4.69) is 5.32 Å². The van der Waals surface area contributed by atoms with Crippen LogP contribution in [0.2, 0.25) is 0 Å². The van der Waals surface area contributed by atoms with E-state index in [1.165, 1.54) is 6.92 Å². The average molecular weight is 496 g/mol. The lowest BCUT2D eigenvalue weighted by Gasteiger charge is -2.49. The average Bonchev–Trinajstić information content (AvgIpc) is 2.75. The number of nitrogens with two attached hydrogens (primary N) is 4. The molecule has 3 fully saturated rings. The normalized spacial score (nSPS) is 53.5. The predicted octanol–water partition coefficient (Wildman–Crippen LogP) is -5.65. The Hall–Kier alpha value is -0.560. The lowest BCUT2D eigenvalue weighted by atomic mass is 9.84. The van der Waals surface area contributed by atoms with Crippen molar-refractivity contribution >= 4 is 0 Å². The lowest BCUT2D eigenvalue weighted by molar-refractivity contribution is -0.315. The van der Waals surface area contributed by atoms with E-state index in [-0.39, 0.29) is 13.0 Å². The third-order valence-corrected chi connectivity index (χ3v) is 6.99. The Bertz CT molecular complexity index is 676. The molecule has 1 saturated carbocycles. The van der Waals surface area contributed by atoms with Gasteiger partial charge in [-0.15, -0.1) is 0 Å². The molecule has 34 heavy (non-hydrogen) atoms. The summed E-state index contributed by atoms with van der Waals surface area (Å²) in [6, 6.07) is -3.99. The highest BCUT2D eigenvalue weighted by Crippen LogP contribution is 2.32. The van der Waals surface area contributed by atoms with Crippen molar-refractivity contribution in [1.82, 2.24) is 5.32 Å². The topological polar surface area (TPSA) is 254 Å². The third kappa shape index (κ3) is 5.40. The number of likely N-dealkylation sites (N-methyl/N-ethyl adjacent to an activating group) is 1. The number of hydrogen-bond acceptors (Lipinski definition) is 14. The zero-order valence-corrected chi connectivity index (χ0v) is 19.7. The van der Waals surface area contributed by atoms with Crippen LogP contribution in [0.25, 0.3) is 0 Å². The Morgan fingerprint density at radius 1 is 0.941 bits per heavy atom. The summed E-state index contributed by atoms with van der Waals surface area (Å²) in [6.07, 6.45) is -10.6. The second kappa shape index (κ2) is 10.8. The predicted molar refractivity (Wildman–Crippen MR) is 118 cm³/mol. The van der Waals surface area contributed by atoms with Crippen LogP contribution >= 0.6 is 0 Å². The summed E-state index contributed by atoms with van der Waals surface area (Å²) in [4.78, 5) is 0. The van der Waals surface area contributed by atoms with Crippen molar-refractivity contribution in [1.29, 1.82) is 0 Å². The van der Waals surface area contributed by atoms with E-state index >= 15 is 0 Å². The highest BCUT2D eigenvalue weighted by atomic mass is 16.7. The number of rotatable bonds is 6. The Morgan fingerprint density at radius 2 is 1.50 bits per heavy atom. The van der Waals surface area contributed by atoms with Crippen LogP contribution in [0, 0.1) is 0 Å². The maximum atomic E-state index is 11.1. The van der Waals surface area contributed by atoms with Crippen molar-refractivity contribution in [2.45, 2.75) is 111 Å². The standard InChI is InChI=1S/C20H41N5O9/c1-6(21)14-11(27)10(26)9(24)18(32-14)33-15-7(22)4-8(23)16(12(15)28)34-19-13(29)17(25-3)20(2,30)5-31-19/h6-19,25-30H,4-5,21-24H2,1-3H3/t6?,7-,8+,9+,10+,11-,12-,13+,14+,15+,16-,17+,18+,19+,20-/m0/s1. The van der Waals surface area contributed by atoms with Gasteiger partial charge in [-0.05, 0) is 27.3 Å². The molecule has 1 unspecified atom stereocenters. The van der Waals surface area contributed by atoms with E-state index in [4.69, 9.17) is 41.9 Å². The van der Waals surface area contributed by atoms with E-state index in [1.54, 1.807) is 14.0 Å². The van der Waals surface area contributed by atoms with Crippen molar-refractivity contribution in [2.24, 2.45) is 22.9 Å². The fourth-order valence-electron chi connectivity index (χ4n) is 4.98. The fourth-order valence-corrected chi connectivity index (χ4v) is 4.98. The molecule has 0 aromatic carbocycles. The zero-order chi connectivity index (χ0) is 25.5. The molecule has 3 aliphatic rings.